The van der Waals surface area contributed by atoms with Gasteiger partial charge in [0.25, 0.3) is 0 Å². The Labute approximate surface area is 109 Å². The first-order valence-electron chi connectivity index (χ1n) is 6.13. The zero-order valence-electron chi connectivity index (χ0n) is 11.4. The first kappa shape index (κ1) is 15.1. The average Bonchev–Trinajstić information content (AvgIpc) is 2.15. The van der Waals surface area contributed by atoms with Crippen molar-refractivity contribution in [1.82, 2.24) is 0 Å². The van der Waals surface area contributed by atoms with Crippen LogP contribution < -0.4 is 0 Å². The molecule has 2 atom stereocenters. The van der Waals surface area contributed by atoms with Crippen molar-refractivity contribution in [2.24, 2.45) is 5.92 Å². The molecule has 1 saturated heterocycles. The second-order valence-corrected chi connectivity index (χ2v) is 12.1. The Morgan fingerprint density at radius 2 is 2.00 bits per heavy atom. The predicted octanol–water partition coefficient (Wildman–Crippen LogP) is 3.21. The number of hydrogen-bond acceptors (Lipinski definition) is 3. The highest BCUT2D eigenvalue weighted by molar-refractivity contribution is 7.99. The van der Waals surface area contributed by atoms with Crippen molar-refractivity contribution in [1.29, 1.82) is 0 Å². The van der Waals surface area contributed by atoms with Crippen LogP contribution in [0, 0.1) is 5.92 Å². The summed E-state index contributed by atoms with van der Waals surface area (Å²) in [6, 6.07) is 0. The number of rotatable bonds is 3. The van der Waals surface area contributed by atoms with E-state index < -0.39 is 14.3 Å². The monoisotopic (exact) mass is 276 g/mol. The number of hydrogen-bond donors (Lipinski definition) is 1. The summed E-state index contributed by atoms with van der Waals surface area (Å²) in [4.78, 5) is 11.2. The van der Waals surface area contributed by atoms with Gasteiger partial charge in [-0.25, -0.2) is 0 Å². The van der Waals surface area contributed by atoms with Crippen LogP contribution in [-0.2, 0) is 9.22 Å². The minimum Gasteiger partial charge on any atom is -0.481 e. The van der Waals surface area contributed by atoms with E-state index in [1.165, 1.54) is 0 Å². The maximum absolute atomic E-state index is 11.2. The number of aliphatic carboxylic acids is 1. The molecule has 0 aromatic heterocycles. The van der Waals surface area contributed by atoms with Crippen molar-refractivity contribution in [3.05, 3.63) is 0 Å². The molecule has 3 nitrogen and oxygen atoms in total. The second-order valence-electron chi connectivity index (χ2n) is 6.22. The average molecular weight is 276 g/mol. The minimum absolute atomic E-state index is 0.0883. The molecular formula is C12H24O3SSi. The van der Waals surface area contributed by atoms with Crippen LogP contribution in [0.4, 0.5) is 0 Å². The van der Waals surface area contributed by atoms with Crippen LogP contribution in [0.1, 0.15) is 27.2 Å². The summed E-state index contributed by atoms with van der Waals surface area (Å²) < 4.78 is 6.26. The highest BCUT2D eigenvalue weighted by Crippen LogP contribution is 2.39. The molecule has 5 heteroatoms. The number of thioether (sulfide) groups is 1. The van der Waals surface area contributed by atoms with E-state index in [1.54, 1.807) is 11.8 Å². The van der Waals surface area contributed by atoms with Crippen molar-refractivity contribution >= 4 is 26.0 Å². The van der Waals surface area contributed by atoms with Crippen molar-refractivity contribution in [3.63, 3.8) is 0 Å². The Kier molecular flexibility index (Phi) is 4.71. The van der Waals surface area contributed by atoms with Gasteiger partial charge in [0.15, 0.2) is 8.32 Å². The quantitative estimate of drug-likeness (QED) is 0.804. The van der Waals surface area contributed by atoms with E-state index in [9.17, 15) is 9.90 Å². The first-order chi connectivity index (χ1) is 7.65. The summed E-state index contributed by atoms with van der Waals surface area (Å²) in [5.41, 5.74) is 0. The zero-order valence-corrected chi connectivity index (χ0v) is 13.3. The molecule has 0 radical (unpaired) electrons. The molecular weight excluding hydrogens is 252 g/mol. The van der Waals surface area contributed by atoms with Gasteiger partial charge in [-0.1, -0.05) is 20.8 Å². The molecule has 1 aliphatic heterocycles. The lowest BCUT2D eigenvalue weighted by molar-refractivity contribution is -0.144. The third-order valence-electron chi connectivity index (χ3n) is 3.86. The standard InChI is InChI=1S/C12H24O3SSi/c1-12(2,3)17(4,5)15-10-6-7-16-8-9(10)11(13)14/h9-10H,6-8H2,1-5H3,(H,13,14)/t9-,10+/m1/s1. The van der Waals surface area contributed by atoms with Gasteiger partial charge in [0, 0.05) is 5.75 Å². The van der Waals surface area contributed by atoms with E-state index in [2.05, 4.69) is 33.9 Å². The molecule has 17 heavy (non-hydrogen) atoms. The maximum atomic E-state index is 11.2. The number of carboxylic acid groups (broad SMARTS) is 1. The third kappa shape index (κ3) is 3.73. The van der Waals surface area contributed by atoms with Gasteiger partial charge in [-0.15, -0.1) is 0 Å². The highest BCUT2D eigenvalue weighted by atomic mass is 32.2. The summed E-state index contributed by atoms with van der Waals surface area (Å²) >= 11 is 1.72. The predicted molar refractivity (Wildman–Crippen MR) is 75.1 cm³/mol. The SMILES string of the molecule is CC(C)(C)[Si](C)(C)O[C@H]1CCSC[C@H]1C(=O)O. The Bertz CT molecular complexity index is 286. The maximum Gasteiger partial charge on any atom is 0.309 e. The van der Waals surface area contributed by atoms with Crippen LogP contribution in [-0.4, -0.2) is 37.0 Å². The fourth-order valence-corrected chi connectivity index (χ4v) is 4.21. The Balaban J connectivity index is 2.74. The van der Waals surface area contributed by atoms with Gasteiger partial charge < -0.3 is 9.53 Å². The molecule has 1 fully saturated rings. The Hall–Kier alpha value is -0.00312. The largest absolute Gasteiger partial charge is 0.481 e. The van der Waals surface area contributed by atoms with Crippen LogP contribution >= 0.6 is 11.8 Å². The summed E-state index contributed by atoms with van der Waals surface area (Å²) in [5.74, 6) is 0.668. The van der Waals surface area contributed by atoms with Crippen LogP contribution in [0.2, 0.25) is 18.1 Å². The Morgan fingerprint density at radius 3 is 2.47 bits per heavy atom. The smallest absolute Gasteiger partial charge is 0.309 e. The molecule has 0 saturated carbocycles. The molecule has 0 amide bonds. The van der Waals surface area contributed by atoms with Gasteiger partial charge >= 0.3 is 5.97 Å². The van der Waals surface area contributed by atoms with Crippen molar-refractivity contribution < 1.29 is 14.3 Å². The molecule has 1 aliphatic rings. The van der Waals surface area contributed by atoms with E-state index in [-0.39, 0.29) is 17.1 Å². The lowest BCUT2D eigenvalue weighted by Crippen LogP contribution is -2.48. The molecule has 1 heterocycles. The molecule has 0 unspecified atom stereocenters. The summed E-state index contributed by atoms with van der Waals surface area (Å²) in [6.45, 7) is 10.9. The molecule has 0 aromatic carbocycles. The summed E-state index contributed by atoms with van der Waals surface area (Å²) in [6.07, 6.45) is 0.781. The Morgan fingerprint density at radius 1 is 1.41 bits per heavy atom. The minimum atomic E-state index is -1.85. The number of carbonyl (C=O) groups is 1. The van der Waals surface area contributed by atoms with Crippen LogP contribution in [0.25, 0.3) is 0 Å². The van der Waals surface area contributed by atoms with Gasteiger partial charge in [0.1, 0.15) is 0 Å². The summed E-state index contributed by atoms with van der Waals surface area (Å²) in [7, 11) is -1.85. The van der Waals surface area contributed by atoms with Gasteiger partial charge in [-0.05, 0) is 30.3 Å². The van der Waals surface area contributed by atoms with Gasteiger partial charge in [-0.3, -0.25) is 4.79 Å². The van der Waals surface area contributed by atoms with Gasteiger partial charge in [0.2, 0.25) is 0 Å². The zero-order chi connectivity index (χ0) is 13.3. The van der Waals surface area contributed by atoms with Crippen molar-refractivity contribution in [2.45, 2.75) is 51.4 Å². The van der Waals surface area contributed by atoms with E-state index in [0.29, 0.717) is 5.75 Å². The van der Waals surface area contributed by atoms with Crippen LogP contribution in [0.15, 0.2) is 0 Å². The van der Waals surface area contributed by atoms with Crippen LogP contribution in [0.5, 0.6) is 0 Å². The fourth-order valence-electron chi connectivity index (χ4n) is 1.64. The molecule has 100 valence electrons. The van der Waals surface area contributed by atoms with Crippen molar-refractivity contribution in [2.75, 3.05) is 11.5 Å². The van der Waals surface area contributed by atoms with E-state index in [0.717, 1.165) is 12.2 Å². The topological polar surface area (TPSA) is 46.5 Å². The summed E-state index contributed by atoms with van der Waals surface area (Å²) in [5, 5.41) is 9.37. The second kappa shape index (κ2) is 5.32. The molecule has 0 aliphatic carbocycles. The van der Waals surface area contributed by atoms with Gasteiger partial charge in [-0.2, -0.15) is 11.8 Å². The normalized spacial score (nSPS) is 26.9. The van der Waals surface area contributed by atoms with Crippen LogP contribution in [0.3, 0.4) is 0 Å². The lowest BCUT2D eigenvalue weighted by Gasteiger charge is -2.41. The van der Waals surface area contributed by atoms with Gasteiger partial charge in [0.05, 0.1) is 12.0 Å². The molecule has 0 aromatic rings. The number of carboxylic acids is 1. The van der Waals surface area contributed by atoms with E-state index in [1.807, 2.05) is 0 Å². The van der Waals surface area contributed by atoms with E-state index >= 15 is 0 Å². The van der Waals surface area contributed by atoms with Crippen molar-refractivity contribution in [3.8, 4) is 0 Å². The first-order valence-corrected chi connectivity index (χ1v) is 10.2. The highest BCUT2D eigenvalue weighted by Gasteiger charge is 2.42. The molecule has 0 bridgehead atoms. The lowest BCUT2D eigenvalue weighted by atomic mass is 10.0. The van der Waals surface area contributed by atoms with E-state index in [4.69, 9.17) is 4.43 Å². The molecule has 1 N–H and O–H groups in total. The molecule has 1 rings (SSSR count). The fraction of sp³-hybridized carbons (Fsp3) is 0.917. The third-order valence-corrected chi connectivity index (χ3v) is 9.49. The molecule has 0 spiro atoms.